The van der Waals surface area contributed by atoms with Crippen molar-refractivity contribution in [3.05, 3.63) is 53.6 Å². The summed E-state index contributed by atoms with van der Waals surface area (Å²) >= 11 is 0. The lowest BCUT2D eigenvalue weighted by Crippen LogP contribution is -2.14. The molecule has 2 rings (SSSR count). The van der Waals surface area contributed by atoms with Crippen LogP contribution in [0.25, 0.3) is 0 Å². The Labute approximate surface area is 126 Å². The number of phenolic OH excluding ortho intramolecular Hbond substituents is 1. The van der Waals surface area contributed by atoms with Crippen molar-refractivity contribution in [2.24, 2.45) is 0 Å². The van der Waals surface area contributed by atoms with E-state index in [4.69, 9.17) is 4.74 Å². The fourth-order valence-electron chi connectivity index (χ4n) is 2.36. The van der Waals surface area contributed by atoms with Gasteiger partial charge in [-0.15, -0.1) is 0 Å². The van der Waals surface area contributed by atoms with E-state index in [0.717, 1.165) is 11.3 Å². The van der Waals surface area contributed by atoms with Crippen LogP contribution >= 0.6 is 0 Å². The van der Waals surface area contributed by atoms with Crippen molar-refractivity contribution in [1.29, 1.82) is 0 Å². The first kappa shape index (κ1) is 15.2. The van der Waals surface area contributed by atoms with E-state index < -0.39 is 0 Å². The van der Waals surface area contributed by atoms with Gasteiger partial charge in [-0.25, -0.2) is 0 Å². The Morgan fingerprint density at radius 3 is 2.43 bits per heavy atom. The number of aromatic hydroxyl groups is 1. The molecule has 0 aliphatic heterocycles. The van der Waals surface area contributed by atoms with Crippen LogP contribution in [0.2, 0.25) is 0 Å². The van der Waals surface area contributed by atoms with E-state index in [1.54, 1.807) is 13.2 Å². The third kappa shape index (κ3) is 3.48. The number of hydrogen-bond donors (Lipinski definition) is 2. The molecule has 2 aromatic rings. The van der Waals surface area contributed by atoms with Crippen LogP contribution in [-0.2, 0) is 12.0 Å². The highest BCUT2D eigenvalue weighted by atomic mass is 16.5. The first-order valence-electron chi connectivity index (χ1n) is 7.11. The number of ether oxygens (including phenoxy) is 1. The Kier molecular flexibility index (Phi) is 4.41. The summed E-state index contributed by atoms with van der Waals surface area (Å²) in [5.41, 5.74) is 3.23. The van der Waals surface area contributed by atoms with Crippen molar-refractivity contribution < 1.29 is 9.84 Å². The maximum absolute atomic E-state index is 10.1. The van der Waals surface area contributed by atoms with Gasteiger partial charge in [0.05, 0.1) is 7.11 Å². The van der Waals surface area contributed by atoms with E-state index in [2.05, 4.69) is 44.3 Å². The average molecular weight is 285 g/mol. The first-order valence-corrected chi connectivity index (χ1v) is 7.11. The number of benzene rings is 2. The summed E-state index contributed by atoms with van der Waals surface area (Å²) < 4.78 is 5.14. The SMILES string of the molecule is COc1cccc(CNc2ccccc2C(C)(C)C)c1O. The topological polar surface area (TPSA) is 41.5 Å². The molecule has 0 spiro atoms. The summed E-state index contributed by atoms with van der Waals surface area (Å²) in [6, 6.07) is 13.8. The minimum Gasteiger partial charge on any atom is -0.504 e. The minimum absolute atomic E-state index is 0.0695. The molecule has 0 heterocycles. The molecule has 21 heavy (non-hydrogen) atoms. The molecule has 0 saturated heterocycles. The molecule has 0 aromatic heterocycles. The molecule has 0 radical (unpaired) electrons. The van der Waals surface area contributed by atoms with Crippen molar-refractivity contribution in [3.63, 3.8) is 0 Å². The molecule has 2 N–H and O–H groups in total. The van der Waals surface area contributed by atoms with Crippen LogP contribution in [0.5, 0.6) is 11.5 Å². The number of rotatable bonds is 4. The zero-order valence-corrected chi connectivity index (χ0v) is 13.1. The molecule has 0 atom stereocenters. The van der Waals surface area contributed by atoms with Gasteiger partial charge in [0, 0.05) is 17.8 Å². The predicted octanol–water partition coefficient (Wildman–Crippen LogP) is 4.31. The van der Waals surface area contributed by atoms with Crippen molar-refractivity contribution in [1.82, 2.24) is 0 Å². The molecule has 0 saturated carbocycles. The lowest BCUT2D eigenvalue weighted by Gasteiger charge is -2.23. The summed E-state index contributed by atoms with van der Waals surface area (Å²) in [4.78, 5) is 0. The van der Waals surface area contributed by atoms with Gasteiger partial charge in [0.15, 0.2) is 11.5 Å². The van der Waals surface area contributed by atoms with E-state index in [9.17, 15) is 5.11 Å². The summed E-state index contributed by atoms with van der Waals surface area (Å²) in [6.07, 6.45) is 0. The van der Waals surface area contributed by atoms with Gasteiger partial charge in [-0.1, -0.05) is 51.1 Å². The van der Waals surface area contributed by atoms with E-state index in [0.29, 0.717) is 12.3 Å². The lowest BCUT2D eigenvalue weighted by atomic mass is 9.86. The largest absolute Gasteiger partial charge is 0.504 e. The van der Waals surface area contributed by atoms with Gasteiger partial charge in [-0.3, -0.25) is 0 Å². The van der Waals surface area contributed by atoms with Crippen LogP contribution in [-0.4, -0.2) is 12.2 Å². The van der Waals surface area contributed by atoms with E-state index in [1.807, 2.05) is 18.2 Å². The first-order chi connectivity index (χ1) is 9.93. The fraction of sp³-hybridized carbons (Fsp3) is 0.333. The van der Waals surface area contributed by atoms with E-state index >= 15 is 0 Å². The lowest BCUT2D eigenvalue weighted by molar-refractivity contribution is 0.371. The van der Waals surface area contributed by atoms with Gasteiger partial charge in [-0.05, 0) is 23.1 Å². The van der Waals surface area contributed by atoms with Gasteiger partial charge in [0.2, 0.25) is 0 Å². The Morgan fingerprint density at radius 2 is 1.76 bits per heavy atom. The third-order valence-corrected chi connectivity index (χ3v) is 3.51. The summed E-state index contributed by atoms with van der Waals surface area (Å²) in [7, 11) is 1.56. The molecule has 0 amide bonds. The maximum Gasteiger partial charge on any atom is 0.162 e. The molecule has 2 aromatic carbocycles. The van der Waals surface area contributed by atoms with Crippen LogP contribution < -0.4 is 10.1 Å². The fourth-order valence-corrected chi connectivity index (χ4v) is 2.36. The monoisotopic (exact) mass is 285 g/mol. The smallest absolute Gasteiger partial charge is 0.162 e. The second-order valence-corrected chi connectivity index (χ2v) is 6.12. The third-order valence-electron chi connectivity index (χ3n) is 3.51. The van der Waals surface area contributed by atoms with Crippen molar-refractivity contribution in [3.8, 4) is 11.5 Å². The molecule has 112 valence electrons. The highest BCUT2D eigenvalue weighted by molar-refractivity contribution is 5.55. The number of nitrogens with one attached hydrogen (secondary N) is 1. The van der Waals surface area contributed by atoms with Crippen LogP contribution in [0.3, 0.4) is 0 Å². The molecular formula is C18H23NO2. The quantitative estimate of drug-likeness (QED) is 0.879. The number of methoxy groups -OCH3 is 1. The van der Waals surface area contributed by atoms with Crippen LogP contribution in [0, 0.1) is 0 Å². The highest BCUT2D eigenvalue weighted by Gasteiger charge is 2.17. The Morgan fingerprint density at radius 1 is 1.05 bits per heavy atom. The van der Waals surface area contributed by atoms with Crippen LogP contribution in [0.4, 0.5) is 5.69 Å². The Bertz CT molecular complexity index is 615. The normalized spacial score (nSPS) is 11.2. The zero-order valence-electron chi connectivity index (χ0n) is 13.1. The van der Waals surface area contributed by atoms with Gasteiger partial charge >= 0.3 is 0 Å². The molecule has 0 aliphatic rings. The average Bonchev–Trinajstić information content (AvgIpc) is 2.45. The Hall–Kier alpha value is -2.16. The maximum atomic E-state index is 10.1. The van der Waals surface area contributed by atoms with E-state index in [1.165, 1.54) is 5.56 Å². The van der Waals surface area contributed by atoms with Crippen LogP contribution in [0.1, 0.15) is 31.9 Å². The predicted molar refractivity (Wildman–Crippen MR) is 87.1 cm³/mol. The Balaban J connectivity index is 2.22. The molecule has 0 unspecified atom stereocenters. The number of phenols is 1. The minimum atomic E-state index is 0.0695. The van der Waals surface area contributed by atoms with Gasteiger partial charge in [-0.2, -0.15) is 0 Å². The molecule has 0 aliphatic carbocycles. The summed E-state index contributed by atoms with van der Waals surface area (Å²) in [6.45, 7) is 7.12. The van der Waals surface area contributed by atoms with Gasteiger partial charge < -0.3 is 15.2 Å². The van der Waals surface area contributed by atoms with Gasteiger partial charge in [0.1, 0.15) is 0 Å². The number of anilines is 1. The van der Waals surface area contributed by atoms with Crippen LogP contribution in [0.15, 0.2) is 42.5 Å². The zero-order chi connectivity index (χ0) is 15.5. The highest BCUT2D eigenvalue weighted by Crippen LogP contribution is 2.32. The molecule has 0 bridgehead atoms. The molecule has 3 heteroatoms. The van der Waals surface area contributed by atoms with Crippen molar-refractivity contribution in [2.75, 3.05) is 12.4 Å². The molecular weight excluding hydrogens is 262 g/mol. The number of para-hydroxylation sites is 2. The second kappa shape index (κ2) is 6.08. The van der Waals surface area contributed by atoms with Gasteiger partial charge in [0.25, 0.3) is 0 Å². The summed E-state index contributed by atoms with van der Waals surface area (Å²) in [5.74, 6) is 0.694. The summed E-state index contributed by atoms with van der Waals surface area (Å²) in [5, 5.41) is 13.5. The van der Waals surface area contributed by atoms with Crippen molar-refractivity contribution >= 4 is 5.69 Å². The standard InChI is InChI=1S/C18H23NO2/c1-18(2,3)14-9-5-6-10-15(14)19-12-13-8-7-11-16(21-4)17(13)20/h5-11,19-20H,12H2,1-4H3. The second-order valence-electron chi connectivity index (χ2n) is 6.12. The molecule has 0 fully saturated rings. The van der Waals surface area contributed by atoms with Crippen molar-refractivity contribution in [2.45, 2.75) is 32.7 Å². The number of hydrogen-bond acceptors (Lipinski definition) is 3. The van der Waals surface area contributed by atoms with E-state index in [-0.39, 0.29) is 11.2 Å². The molecule has 3 nitrogen and oxygen atoms in total.